The highest BCUT2D eigenvalue weighted by molar-refractivity contribution is 5.89. The topological polar surface area (TPSA) is 109 Å². The number of urea groups is 1. The predicted octanol–water partition coefficient (Wildman–Crippen LogP) is 3.66. The Hall–Kier alpha value is -3.40. The summed E-state index contributed by atoms with van der Waals surface area (Å²) in [5, 5.41) is 5.53. The molecule has 1 aromatic carbocycles. The third-order valence-electron chi connectivity index (χ3n) is 6.22. The lowest BCUT2D eigenvalue weighted by Crippen LogP contribution is -2.46. The highest BCUT2D eigenvalue weighted by atomic mass is 16.6. The van der Waals surface area contributed by atoms with Gasteiger partial charge in [-0.3, -0.25) is 0 Å². The monoisotopic (exact) mass is 496 g/mol. The Kier molecular flexibility index (Phi) is 8.25. The Labute approximate surface area is 212 Å². The Morgan fingerprint density at radius 3 is 2.67 bits per heavy atom. The van der Waals surface area contributed by atoms with E-state index in [1.807, 2.05) is 45.0 Å². The second-order valence-corrected chi connectivity index (χ2v) is 9.62. The summed E-state index contributed by atoms with van der Waals surface area (Å²) in [5.74, 6) is 1.77. The van der Waals surface area contributed by atoms with Crippen LogP contribution in [0.25, 0.3) is 11.4 Å². The van der Waals surface area contributed by atoms with Crippen molar-refractivity contribution >= 4 is 23.6 Å². The number of aromatic nitrogens is 2. The summed E-state index contributed by atoms with van der Waals surface area (Å²) in [6, 6.07) is 7.40. The molecule has 194 valence electrons. The molecular weight excluding hydrogens is 460 g/mol. The fourth-order valence-corrected chi connectivity index (χ4v) is 4.34. The maximum atomic E-state index is 12.7. The Bertz CT molecular complexity index is 1070. The van der Waals surface area contributed by atoms with Crippen LogP contribution in [-0.4, -0.2) is 72.5 Å². The SMILES string of the molecule is CCNC(=O)Nc1ccc(-c2nc3c(c(N4CCOC[C@@H]4C)n2)CCN(C(=O)OCC(C)C)C3)cc1. The molecule has 0 aliphatic carbocycles. The molecule has 10 heteroatoms. The van der Waals surface area contributed by atoms with Gasteiger partial charge in [0.05, 0.1) is 38.1 Å². The fraction of sp³-hybridized carbons (Fsp3) is 0.538. The normalized spacial score (nSPS) is 17.5. The highest BCUT2D eigenvalue weighted by Gasteiger charge is 2.30. The van der Waals surface area contributed by atoms with Gasteiger partial charge in [0.2, 0.25) is 0 Å². The van der Waals surface area contributed by atoms with Crippen molar-refractivity contribution in [2.45, 2.75) is 46.7 Å². The van der Waals surface area contributed by atoms with Crippen molar-refractivity contribution in [3.05, 3.63) is 35.5 Å². The van der Waals surface area contributed by atoms with Gasteiger partial charge in [-0.1, -0.05) is 13.8 Å². The molecular formula is C26H36N6O4. The largest absolute Gasteiger partial charge is 0.449 e. The lowest BCUT2D eigenvalue weighted by Gasteiger charge is -2.37. The van der Waals surface area contributed by atoms with E-state index in [0.29, 0.717) is 57.4 Å². The molecule has 3 amide bonds. The average molecular weight is 497 g/mol. The molecule has 10 nitrogen and oxygen atoms in total. The van der Waals surface area contributed by atoms with Crippen LogP contribution < -0.4 is 15.5 Å². The molecule has 0 spiro atoms. The number of anilines is 2. The van der Waals surface area contributed by atoms with Crippen molar-refractivity contribution in [2.75, 3.05) is 49.7 Å². The first-order valence-electron chi connectivity index (χ1n) is 12.7. The number of nitrogens with zero attached hydrogens (tertiary/aromatic N) is 4. The number of hydrogen-bond donors (Lipinski definition) is 2. The van der Waals surface area contributed by atoms with Gasteiger partial charge in [0.1, 0.15) is 5.82 Å². The van der Waals surface area contributed by atoms with E-state index >= 15 is 0 Å². The number of carbonyl (C=O) groups excluding carboxylic acids is 2. The van der Waals surface area contributed by atoms with Crippen LogP contribution in [0.15, 0.2) is 24.3 Å². The third kappa shape index (κ3) is 6.04. The van der Waals surface area contributed by atoms with E-state index < -0.39 is 0 Å². The molecule has 1 fully saturated rings. The second-order valence-electron chi connectivity index (χ2n) is 9.62. The van der Waals surface area contributed by atoms with Crippen LogP contribution in [0.3, 0.4) is 0 Å². The van der Waals surface area contributed by atoms with Gasteiger partial charge < -0.3 is 29.9 Å². The molecule has 2 N–H and O–H groups in total. The lowest BCUT2D eigenvalue weighted by atomic mass is 10.0. The molecule has 36 heavy (non-hydrogen) atoms. The lowest BCUT2D eigenvalue weighted by molar-refractivity contribution is 0.0871. The van der Waals surface area contributed by atoms with E-state index in [0.717, 1.165) is 29.2 Å². The van der Waals surface area contributed by atoms with Crippen molar-refractivity contribution in [3.63, 3.8) is 0 Å². The summed E-state index contributed by atoms with van der Waals surface area (Å²) in [7, 11) is 0. The van der Waals surface area contributed by atoms with Crippen molar-refractivity contribution in [1.82, 2.24) is 20.2 Å². The fourth-order valence-electron chi connectivity index (χ4n) is 4.34. The van der Waals surface area contributed by atoms with E-state index in [1.54, 1.807) is 4.90 Å². The van der Waals surface area contributed by atoms with Crippen molar-refractivity contribution < 1.29 is 19.1 Å². The minimum Gasteiger partial charge on any atom is -0.449 e. The summed E-state index contributed by atoms with van der Waals surface area (Å²) >= 11 is 0. The number of nitrogens with one attached hydrogen (secondary N) is 2. The summed E-state index contributed by atoms with van der Waals surface area (Å²) in [6.07, 6.45) is 0.359. The highest BCUT2D eigenvalue weighted by Crippen LogP contribution is 2.32. The zero-order valence-electron chi connectivity index (χ0n) is 21.5. The average Bonchev–Trinajstić information content (AvgIpc) is 2.87. The Balaban J connectivity index is 1.64. The van der Waals surface area contributed by atoms with Crippen LogP contribution in [0.1, 0.15) is 39.0 Å². The maximum Gasteiger partial charge on any atom is 0.410 e. The molecule has 4 rings (SSSR count). The van der Waals surface area contributed by atoms with Gasteiger partial charge in [-0.25, -0.2) is 19.6 Å². The van der Waals surface area contributed by atoms with E-state index in [9.17, 15) is 9.59 Å². The van der Waals surface area contributed by atoms with Gasteiger partial charge in [-0.05, 0) is 50.5 Å². The van der Waals surface area contributed by atoms with E-state index in [1.165, 1.54) is 0 Å². The number of morpholine rings is 1. The second kappa shape index (κ2) is 11.6. The molecule has 2 aromatic rings. The third-order valence-corrected chi connectivity index (χ3v) is 6.22. The molecule has 1 aromatic heterocycles. The van der Waals surface area contributed by atoms with Crippen LogP contribution >= 0.6 is 0 Å². The first kappa shape index (κ1) is 25.7. The van der Waals surface area contributed by atoms with Crippen LogP contribution in [-0.2, 0) is 22.4 Å². The van der Waals surface area contributed by atoms with Crippen LogP contribution in [0.5, 0.6) is 0 Å². The first-order chi connectivity index (χ1) is 17.4. The van der Waals surface area contributed by atoms with E-state index in [2.05, 4.69) is 22.5 Å². The maximum absolute atomic E-state index is 12.7. The minimum absolute atomic E-state index is 0.184. The van der Waals surface area contributed by atoms with E-state index in [4.69, 9.17) is 19.4 Å². The number of hydrogen-bond acceptors (Lipinski definition) is 7. The number of benzene rings is 1. The number of ether oxygens (including phenoxy) is 2. The number of carbonyl (C=O) groups is 2. The molecule has 3 heterocycles. The molecule has 1 saturated heterocycles. The Morgan fingerprint density at radius 2 is 1.97 bits per heavy atom. The van der Waals surface area contributed by atoms with Gasteiger partial charge in [0.25, 0.3) is 0 Å². The molecule has 0 saturated carbocycles. The van der Waals surface area contributed by atoms with Gasteiger partial charge in [0, 0.05) is 36.4 Å². The molecule has 1 atom stereocenters. The summed E-state index contributed by atoms with van der Waals surface area (Å²) in [6.45, 7) is 12.0. The zero-order chi connectivity index (χ0) is 25.7. The van der Waals surface area contributed by atoms with Gasteiger partial charge in [0.15, 0.2) is 5.82 Å². The number of amides is 3. The van der Waals surface area contributed by atoms with Gasteiger partial charge >= 0.3 is 12.1 Å². The summed E-state index contributed by atoms with van der Waals surface area (Å²) in [5.41, 5.74) is 3.44. The van der Waals surface area contributed by atoms with Crippen molar-refractivity contribution in [3.8, 4) is 11.4 Å². The number of fused-ring (bicyclic) bond motifs is 1. The van der Waals surface area contributed by atoms with Crippen molar-refractivity contribution in [2.24, 2.45) is 5.92 Å². The van der Waals surface area contributed by atoms with E-state index in [-0.39, 0.29) is 24.1 Å². The Morgan fingerprint density at radius 1 is 1.19 bits per heavy atom. The number of rotatable bonds is 6. The summed E-state index contributed by atoms with van der Waals surface area (Å²) < 4.78 is 11.1. The van der Waals surface area contributed by atoms with Gasteiger partial charge in [-0.2, -0.15) is 0 Å². The quantitative estimate of drug-likeness (QED) is 0.628. The van der Waals surface area contributed by atoms with Crippen LogP contribution in [0.4, 0.5) is 21.1 Å². The molecule has 0 bridgehead atoms. The zero-order valence-corrected chi connectivity index (χ0v) is 21.5. The molecule has 2 aliphatic heterocycles. The minimum atomic E-state index is -0.309. The summed E-state index contributed by atoms with van der Waals surface area (Å²) in [4.78, 5) is 38.4. The van der Waals surface area contributed by atoms with Crippen LogP contribution in [0.2, 0.25) is 0 Å². The predicted molar refractivity (Wildman–Crippen MR) is 138 cm³/mol. The van der Waals surface area contributed by atoms with Gasteiger partial charge in [-0.15, -0.1) is 0 Å². The molecule has 2 aliphatic rings. The standard InChI is InChI=1S/C26H36N6O4/c1-5-27-25(33)28-20-8-6-19(7-9-20)23-29-22-14-31(26(34)36-15-17(2)3)11-10-21(22)24(30-23)32-12-13-35-16-18(32)4/h6-9,17-18H,5,10-16H2,1-4H3,(H2,27,28,33)/t18-/m0/s1. The first-order valence-corrected chi connectivity index (χ1v) is 12.7. The van der Waals surface area contributed by atoms with Crippen LogP contribution in [0, 0.1) is 5.92 Å². The van der Waals surface area contributed by atoms with Crippen molar-refractivity contribution in [1.29, 1.82) is 0 Å². The molecule has 0 unspecified atom stereocenters. The smallest absolute Gasteiger partial charge is 0.410 e. The molecule has 0 radical (unpaired) electrons.